The lowest BCUT2D eigenvalue weighted by molar-refractivity contribution is -0.132. The van der Waals surface area contributed by atoms with Crippen LogP contribution in [-0.4, -0.2) is 36.1 Å². The molecule has 0 aromatic heterocycles. The summed E-state index contributed by atoms with van der Waals surface area (Å²) in [6, 6.07) is 4.35. The van der Waals surface area contributed by atoms with Crippen LogP contribution in [-0.2, 0) is 16.6 Å². The first-order valence-corrected chi connectivity index (χ1v) is 10.2. The maximum atomic E-state index is 14.9. The molecule has 2 aliphatic heterocycles. The first kappa shape index (κ1) is 16.1. The summed E-state index contributed by atoms with van der Waals surface area (Å²) < 4.78 is 26.6. The standard InChI is InChI=1S/C22H24FNO3/c1-12(25)26-18-7-4-14-10-17-15-5-6-16(23)21-22(15,19(14)20(18)27-21)8-9-24(17)11-13-2-3-13/h4,6-7,13,15,17,21H,2-3,5,8-11H2,1H3/t15-,17+,21-,22-/m0/s1. The van der Waals surface area contributed by atoms with Gasteiger partial charge in [-0.2, -0.15) is 0 Å². The van der Waals surface area contributed by atoms with Gasteiger partial charge in [0.1, 0.15) is 5.83 Å². The van der Waals surface area contributed by atoms with Gasteiger partial charge in [-0.15, -0.1) is 0 Å². The maximum absolute atomic E-state index is 14.9. The maximum Gasteiger partial charge on any atom is 0.308 e. The molecule has 2 heterocycles. The molecule has 0 radical (unpaired) electrons. The van der Waals surface area contributed by atoms with Gasteiger partial charge in [0.2, 0.25) is 0 Å². The van der Waals surface area contributed by atoms with Crippen LogP contribution >= 0.6 is 0 Å². The lowest BCUT2D eigenvalue weighted by atomic mass is 9.53. The number of hydrogen-bond donors (Lipinski definition) is 0. The molecule has 142 valence electrons. The summed E-state index contributed by atoms with van der Waals surface area (Å²) in [5, 5.41) is 0. The third kappa shape index (κ3) is 2.09. The number of allylic oxidation sites excluding steroid dienone is 1. The Morgan fingerprint density at radius 1 is 1.41 bits per heavy atom. The summed E-state index contributed by atoms with van der Waals surface area (Å²) in [5.41, 5.74) is 2.07. The van der Waals surface area contributed by atoms with E-state index in [1.165, 1.54) is 31.9 Å². The fourth-order valence-corrected chi connectivity index (χ4v) is 6.28. The lowest BCUT2D eigenvalue weighted by Gasteiger charge is -2.57. The zero-order chi connectivity index (χ0) is 18.3. The van der Waals surface area contributed by atoms with Gasteiger partial charge in [-0.3, -0.25) is 9.69 Å². The molecule has 5 heteroatoms. The zero-order valence-corrected chi connectivity index (χ0v) is 15.5. The Morgan fingerprint density at radius 2 is 2.26 bits per heavy atom. The number of carbonyl (C=O) groups excluding carboxylic acids is 1. The molecule has 1 aromatic rings. The first-order chi connectivity index (χ1) is 13.1. The Kier molecular flexibility index (Phi) is 3.19. The van der Waals surface area contributed by atoms with Crippen molar-refractivity contribution in [1.82, 2.24) is 4.90 Å². The molecule has 3 aliphatic carbocycles. The largest absolute Gasteiger partial charge is 0.478 e. The average Bonchev–Trinajstić information content (AvgIpc) is 3.38. The van der Waals surface area contributed by atoms with Crippen molar-refractivity contribution in [2.45, 2.75) is 56.6 Å². The van der Waals surface area contributed by atoms with E-state index in [-0.39, 0.29) is 17.2 Å². The van der Waals surface area contributed by atoms with E-state index in [1.807, 2.05) is 6.07 Å². The number of esters is 1. The minimum atomic E-state index is -0.562. The molecule has 2 fully saturated rings. The third-order valence-corrected chi connectivity index (χ3v) is 7.47. The molecule has 1 saturated carbocycles. The monoisotopic (exact) mass is 369 g/mol. The number of ether oxygens (including phenoxy) is 2. The van der Waals surface area contributed by atoms with Crippen LogP contribution < -0.4 is 9.47 Å². The molecular weight excluding hydrogens is 345 g/mol. The molecule has 1 aromatic carbocycles. The van der Waals surface area contributed by atoms with Crippen LogP contribution in [0, 0.1) is 11.8 Å². The number of likely N-dealkylation sites (tertiary alicyclic amines) is 1. The van der Waals surface area contributed by atoms with Crippen LogP contribution in [0.15, 0.2) is 24.0 Å². The Bertz CT molecular complexity index is 877. The van der Waals surface area contributed by atoms with Crippen molar-refractivity contribution in [2.75, 3.05) is 13.1 Å². The van der Waals surface area contributed by atoms with Gasteiger partial charge in [0.25, 0.3) is 0 Å². The first-order valence-electron chi connectivity index (χ1n) is 10.2. The molecule has 0 unspecified atom stereocenters. The van der Waals surface area contributed by atoms with Gasteiger partial charge in [-0.1, -0.05) is 6.07 Å². The Morgan fingerprint density at radius 3 is 3.04 bits per heavy atom. The smallest absolute Gasteiger partial charge is 0.308 e. The van der Waals surface area contributed by atoms with Crippen molar-refractivity contribution in [3.63, 3.8) is 0 Å². The number of carbonyl (C=O) groups is 1. The normalized spacial score (nSPS) is 35.9. The van der Waals surface area contributed by atoms with E-state index in [0.717, 1.165) is 37.3 Å². The van der Waals surface area contributed by atoms with E-state index in [2.05, 4.69) is 11.0 Å². The van der Waals surface area contributed by atoms with Crippen molar-refractivity contribution in [1.29, 1.82) is 0 Å². The van der Waals surface area contributed by atoms with E-state index in [4.69, 9.17) is 9.47 Å². The van der Waals surface area contributed by atoms with Gasteiger partial charge >= 0.3 is 5.97 Å². The highest BCUT2D eigenvalue weighted by atomic mass is 19.1. The number of hydrogen-bond acceptors (Lipinski definition) is 4. The van der Waals surface area contributed by atoms with Crippen LogP contribution in [0.4, 0.5) is 4.39 Å². The number of benzene rings is 1. The molecule has 0 amide bonds. The highest BCUT2D eigenvalue weighted by molar-refractivity contribution is 5.72. The Hall–Kier alpha value is -1.88. The fourth-order valence-electron chi connectivity index (χ4n) is 6.28. The molecule has 1 saturated heterocycles. The predicted octanol–water partition coefficient (Wildman–Crippen LogP) is 3.52. The van der Waals surface area contributed by atoms with Gasteiger partial charge in [0, 0.05) is 30.5 Å². The number of rotatable bonds is 3. The van der Waals surface area contributed by atoms with Crippen LogP contribution in [0.25, 0.3) is 0 Å². The second-order valence-electron chi connectivity index (χ2n) is 8.95. The molecule has 5 aliphatic rings. The second kappa shape index (κ2) is 5.34. The van der Waals surface area contributed by atoms with Gasteiger partial charge in [0.05, 0.1) is 0 Å². The van der Waals surface area contributed by atoms with Crippen molar-refractivity contribution in [3.8, 4) is 11.5 Å². The van der Waals surface area contributed by atoms with Crippen molar-refractivity contribution >= 4 is 5.97 Å². The van der Waals surface area contributed by atoms with E-state index < -0.39 is 6.10 Å². The molecule has 27 heavy (non-hydrogen) atoms. The summed E-state index contributed by atoms with van der Waals surface area (Å²) in [6.45, 7) is 3.58. The van der Waals surface area contributed by atoms with E-state index in [1.54, 1.807) is 6.08 Å². The number of nitrogens with zero attached hydrogens (tertiary/aromatic N) is 1. The van der Waals surface area contributed by atoms with E-state index in [0.29, 0.717) is 23.5 Å². The summed E-state index contributed by atoms with van der Waals surface area (Å²) in [7, 11) is 0. The number of halogens is 1. The molecule has 4 atom stereocenters. The fraction of sp³-hybridized carbons (Fsp3) is 0.591. The summed E-state index contributed by atoms with van der Waals surface area (Å²) in [6.07, 6.45) is 6.55. The van der Waals surface area contributed by atoms with Crippen LogP contribution in [0.3, 0.4) is 0 Å². The minimum absolute atomic E-state index is 0.154. The van der Waals surface area contributed by atoms with Crippen molar-refractivity contribution < 1.29 is 18.7 Å². The van der Waals surface area contributed by atoms with Gasteiger partial charge < -0.3 is 9.47 Å². The Labute approximate surface area is 158 Å². The third-order valence-electron chi connectivity index (χ3n) is 7.47. The van der Waals surface area contributed by atoms with E-state index >= 15 is 0 Å². The second-order valence-corrected chi connectivity index (χ2v) is 8.95. The van der Waals surface area contributed by atoms with Crippen LogP contribution in [0.1, 0.15) is 43.7 Å². The molecule has 4 nitrogen and oxygen atoms in total. The summed E-state index contributed by atoms with van der Waals surface area (Å²) >= 11 is 0. The summed E-state index contributed by atoms with van der Waals surface area (Å²) in [4.78, 5) is 14.2. The van der Waals surface area contributed by atoms with Crippen molar-refractivity contribution in [2.24, 2.45) is 11.8 Å². The molecule has 2 bridgehead atoms. The average molecular weight is 369 g/mol. The van der Waals surface area contributed by atoms with Crippen LogP contribution in [0.2, 0.25) is 0 Å². The van der Waals surface area contributed by atoms with Crippen LogP contribution in [0.5, 0.6) is 11.5 Å². The lowest BCUT2D eigenvalue weighted by Crippen LogP contribution is -2.64. The molecular formula is C22H24FNO3. The number of piperidine rings is 1. The van der Waals surface area contributed by atoms with Gasteiger partial charge in [0.15, 0.2) is 17.6 Å². The Balaban J connectivity index is 1.51. The molecule has 6 rings (SSSR count). The topological polar surface area (TPSA) is 38.8 Å². The quantitative estimate of drug-likeness (QED) is 0.604. The SMILES string of the molecule is CC(=O)Oc1ccc2c3c1O[C@H]1C(F)=CC[C@H]4[C@@H](C2)N(CC2CC2)CC[C@]314. The van der Waals surface area contributed by atoms with Crippen molar-refractivity contribution in [3.05, 3.63) is 35.2 Å². The predicted molar refractivity (Wildman–Crippen MR) is 97.5 cm³/mol. The highest BCUT2D eigenvalue weighted by Crippen LogP contribution is 2.64. The molecule has 0 N–H and O–H groups in total. The molecule has 1 spiro atoms. The van der Waals surface area contributed by atoms with Gasteiger partial charge in [-0.05, 0) is 68.2 Å². The highest BCUT2D eigenvalue weighted by Gasteiger charge is 2.64. The van der Waals surface area contributed by atoms with E-state index in [9.17, 15) is 9.18 Å². The minimum Gasteiger partial charge on any atom is -0.478 e. The summed E-state index contributed by atoms with van der Waals surface area (Å²) in [5.74, 6) is 1.75. The van der Waals surface area contributed by atoms with Gasteiger partial charge in [-0.25, -0.2) is 4.39 Å². The zero-order valence-electron chi connectivity index (χ0n) is 15.5.